The monoisotopic (exact) mass is 442 g/mol. The molecule has 1 N–H and O–H groups in total. The number of anilines is 1. The first-order chi connectivity index (χ1) is 15.0. The minimum atomic E-state index is -2.87. The molecule has 0 aliphatic rings. The van der Waals surface area contributed by atoms with Crippen molar-refractivity contribution in [3.63, 3.8) is 0 Å². The van der Waals surface area contributed by atoms with Crippen LogP contribution in [0.1, 0.15) is 12.5 Å². The van der Waals surface area contributed by atoms with Gasteiger partial charge >= 0.3 is 6.61 Å². The van der Waals surface area contributed by atoms with Gasteiger partial charge in [0.1, 0.15) is 5.75 Å². The first-order valence-corrected chi connectivity index (χ1v) is 10.1. The third-order valence-corrected chi connectivity index (χ3v) is 4.82. The Hall–Kier alpha value is -3.59. The maximum absolute atomic E-state index is 12.4. The van der Waals surface area contributed by atoms with Crippen LogP contribution in [-0.4, -0.2) is 30.0 Å². The SMILES string of the molecule is C=CCN=c1scc(-c2ccc(OC(F)F)cc2)n1/N=C/c1ccc(NC(C)=O)cc1. The lowest BCUT2D eigenvalue weighted by atomic mass is 10.2. The van der Waals surface area contributed by atoms with E-state index in [0.717, 1.165) is 16.8 Å². The topological polar surface area (TPSA) is 68.0 Å². The Bertz CT molecular complexity index is 1130. The maximum atomic E-state index is 12.4. The van der Waals surface area contributed by atoms with Crippen molar-refractivity contribution in [3.8, 4) is 17.0 Å². The minimum absolute atomic E-state index is 0.0832. The van der Waals surface area contributed by atoms with Crippen molar-refractivity contribution in [2.45, 2.75) is 13.5 Å². The molecule has 0 spiro atoms. The molecule has 3 aromatic rings. The molecule has 6 nitrogen and oxygen atoms in total. The summed E-state index contributed by atoms with van der Waals surface area (Å²) in [6.07, 6.45) is 3.36. The average Bonchev–Trinajstić information content (AvgIpc) is 3.14. The molecular formula is C22H20F2N4O2S. The quantitative estimate of drug-likeness (QED) is 0.404. The zero-order valence-corrected chi connectivity index (χ0v) is 17.5. The minimum Gasteiger partial charge on any atom is -0.435 e. The van der Waals surface area contributed by atoms with E-state index in [1.165, 1.54) is 30.4 Å². The number of rotatable bonds is 8. The zero-order chi connectivity index (χ0) is 22.2. The zero-order valence-electron chi connectivity index (χ0n) is 16.7. The second kappa shape index (κ2) is 10.4. The van der Waals surface area contributed by atoms with Crippen LogP contribution in [0, 0.1) is 0 Å². The summed E-state index contributed by atoms with van der Waals surface area (Å²) in [7, 11) is 0. The van der Waals surface area contributed by atoms with Crippen molar-refractivity contribution in [1.29, 1.82) is 0 Å². The van der Waals surface area contributed by atoms with Crippen LogP contribution in [0.3, 0.4) is 0 Å². The van der Waals surface area contributed by atoms with E-state index >= 15 is 0 Å². The lowest BCUT2D eigenvalue weighted by Gasteiger charge is -2.07. The summed E-state index contributed by atoms with van der Waals surface area (Å²) in [4.78, 5) is 16.3. The van der Waals surface area contributed by atoms with Gasteiger partial charge in [-0.15, -0.1) is 17.9 Å². The Balaban J connectivity index is 1.92. The molecule has 0 fully saturated rings. The van der Waals surface area contributed by atoms with Crippen molar-refractivity contribution >= 4 is 29.1 Å². The number of hydrogen-bond acceptors (Lipinski definition) is 5. The second-order valence-corrected chi connectivity index (χ2v) is 7.13. The van der Waals surface area contributed by atoms with E-state index in [1.807, 2.05) is 17.5 Å². The molecule has 31 heavy (non-hydrogen) atoms. The van der Waals surface area contributed by atoms with Gasteiger partial charge in [0.15, 0.2) is 0 Å². The van der Waals surface area contributed by atoms with Crippen molar-refractivity contribution in [2.24, 2.45) is 10.1 Å². The Labute approximate surface area is 181 Å². The number of halogens is 2. The first kappa shape index (κ1) is 22.1. The van der Waals surface area contributed by atoms with Gasteiger partial charge in [-0.1, -0.05) is 18.2 Å². The molecule has 0 aliphatic carbocycles. The van der Waals surface area contributed by atoms with Gasteiger partial charge in [-0.2, -0.15) is 13.9 Å². The molecule has 0 radical (unpaired) electrons. The predicted molar refractivity (Wildman–Crippen MR) is 119 cm³/mol. The number of hydrogen-bond donors (Lipinski definition) is 1. The summed E-state index contributed by atoms with van der Waals surface area (Å²) in [5.74, 6) is -0.0572. The summed E-state index contributed by atoms with van der Waals surface area (Å²) in [5.41, 5.74) is 3.05. The maximum Gasteiger partial charge on any atom is 0.387 e. The fraction of sp³-hybridized carbons (Fsp3) is 0.136. The fourth-order valence-corrected chi connectivity index (χ4v) is 3.49. The summed E-state index contributed by atoms with van der Waals surface area (Å²) >= 11 is 1.41. The summed E-state index contributed by atoms with van der Waals surface area (Å²) in [5, 5.41) is 9.17. The molecule has 0 saturated carbocycles. The number of amides is 1. The van der Waals surface area contributed by atoms with E-state index in [-0.39, 0.29) is 11.7 Å². The summed E-state index contributed by atoms with van der Waals surface area (Å²) in [6.45, 7) is 2.69. The number of aromatic nitrogens is 1. The van der Waals surface area contributed by atoms with Gasteiger partial charge in [-0.05, 0) is 42.0 Å². The predicted octanol–water partition coefficient (Wildman–Crippen LogP) is 4.75. The van der Waals surface area contributed by atoms with Crippen molar-refractivity contribution < 1.29 is 18.3 Å². The number of nitrogens with one attached hydrogen (secondary N) is 1. The smallest absolute Gasteiger partial charge is 0.387 e. The van der Waals surface area contributed by atoms with E-state index in [9.17, 15) is 13.6 Å². The lowest BCUT2D eigenvalue weighted by Crippen LogP contribution is -2.12. The molecule has 0 atom stereocenters. The van der Waals surface area contributed by atoms with Gasteiger partial charge in [0, 0.05) is 23.6 Å². The van der Waals surface area contributed by atoms with E-state index in [1.54, 1.807) is 41.2 Å². The van der Waals surface area contributed by atoms with Crippen molar-refractivity contribution in [2.75, 3.05) is 11.9 Å². The Morgan fingerprint density at radius 1 is 1.23 bits per heavy atom. The fourth-order valence-electron chi connectivity index (χ4n) is 2.65. The number of alkyl halides is 2. The average molecular weight is 442 g/mol. The Morgan fingerprint density at radius 3 is 2.55 bits per heavy atom. The molecule has 9 heteroatoms. The third kappa shape index (κ3) is 6.19. The van der Waals surface area contributed by atoms with Gasteiger partial charge < -0.3 is 10.1 Å². The largest absolute Gasteiger partial charge is 0.435 e. The molecule has 1 amide bonds. The van der Waals surface area contributed by atoms with Gasteiger partial charge in [0.05, 0.1) is 18.5 Å². The number of carbonyl (C=O) groups is 1. The molecule has 0 saturated heterocycles. The number of ether oxygens (including phenoxy) is 1. The van der Waals surface area contributed by atoms with E-state index in [4.69, 9.17) is 0 Å². The number of benzene rings is 2. The summed E-state index contributed by atoms with van der Waals surface area (Å²) < 4.78 is 30.9. The highest BCUT2D eigenvalue weighted by Crippen LogP contribution is 2.24. The van der Waals surface area contributed by atoms with Crippen LogP contribution in [-0.2, 0) is 4.79 Å². The molecule has 2 aromatic carbocycles. The van der Waals surface area contributed by atoms with E-state index in [0.29, 0.717) is 17.0 Å². The van der Waals surface area contributed by atoms with Gasteiger partial charge in [-0.3, -0.25) is 9.79 Å². The highest BCUT2D eigenvalue weighted by Gasteiger charge is 2.09. The standard InChI is InChI=1S/C22H20F2N4O2S/c1-3-12-25-22-28(26-13-16-4-8-18(9-5-16)27-15(2)29)20(14-31-22)17-6-10-19(11-7-17)30-21(23)24/h3-11,13-14,21H,1,12H2,2H3,(H,27,29)/b25-22?,26-13+. The second-order valence-electron chi connectivity index (χ2n) is 6.30. The highest BCUT2D eigenvalue weighted by molar-refractivity contribution is 7.07. The number of carbonyl (C=O) groups excluding carboxylic acids is 1. The summed E-state index contributed by atoms with van der Waals surface area (Å²) in [6, 6.07) is 13.6. The lowest BCUT2D eigenvalue weighted by molar-refractivity contribution is -0.114. The number of thiazole rings is 1. The van der Waals surface area contributed by atoms with Gasteiger partial charge in [0.25, 0.3) is 0 Å². The Morgan fingerprint density at radius 2 is 1.94 bits per heavy atom. The van der Waals surface area contributed by atoms with Crippen LogP contribution in [0.4, 0.5) is 14.5 Å². The van der Waals surface area contributed by atoms with Crippen LogP contribution in [0.25, 0.3) is 11.3 Å². The van der Waals surface area contributed by atoms with E-state index < -0.39 is 6.61 Å². The highest BCUT2D eigenvalue weighted by atomic mass is 32.1. The molecule has 1 heterocycles. The van der Waals surface area contributed by atoms with Crippen LogP contribution in [0.2, 0.25) is 0 Å². The van der Waals surface area contributed by atoms with E-state index in [2.05, 4.69) is 26.7 Å². The third-order valence-electron chi connectivity index (χ3n) is 3.97. The molecule has 0 unspecified atom stereocenters. The first-order valence-electron chi connectivity index (χ1n) is 9.25. The van der Waals surface area contributed by atoms with Crippen molar-refractivity contribution in [1.82, 2.24) is 4.68 Å². The molecular weight excluding hydrogens is 422 g/mol. The Kier molecular flexibility index (Phi) is 7.45. The van der Waals surface area contributed by atoms with Crippen LogP contribution in [0.5, 0.6) is 5.75 Å². The molecule has 3 rings (SSSR count). The molecule has 160 valence electrons. The van der Waals surface area contributed by atoms with Crippen molar-refractivity contribution in [3.05, 3.63) is 76.9 Å². The molecule has 0 bridgehead atoms. The van der Waals surface area contributed by atoms with Crippen LogP contribution in [0.15, 0.2) is 76.7 Å². The number of nitrogens with zero attached hydrogens (tertiary/aromatic N) is 3. The van der Waals surface area contributed by atoms with Gasteiger partial charge in [0.2, 0.25) is 10.7 Å². The van der Waals surface area contributed by atoms with Crippen LogP contribution < -0.4 is 14.9 Å². The molecule has 1 aromatic heterocycles. The molecule has 0 aliphatic heterocycles. The normalized spacial score (nSPS) is 11.8. The van der Waals surface area contributed by atoms with Gasteiger partial charge in [-0.25, -0.2) is 4.68 Å². The van der Waals surface area contributed by atoms with Crippen LogP contribution >= 0.6 is 11.3 Å².